The van der Waals surface area contributed by atoms with Gasteiger partial charge in [0.25, 0.3) is 5.91 Å². The molecule has 154 valence electrons. The van der Waals surface area contributed by atoms with Crippen molar-refractivity contribution in [1.29, 1.82) is 0 Å². The Kier molecular flexibility index (Phi) is 6.21. The van der Waals surface area contributed by atoms with E-state index in [1.165, 1.54) is 12.8 Å². The third kappa shape index (κ3) is 4.74. The number of halogens is 2. The number of rotatable bonds is 4. The molecule has 0 saturated carbocycles. The van der Waals surface area contributed by atoms with Gasteiger partial charge >= 0.3 is 0 Å². The molecule has 0 unspecified atom stereocenters. The zero-order valence-corrected chi connectivity index (χ0v) is 18.1. The molecule has 0 radical (unpaired) electrons. The van der Waals surface area contributed by atoms with Crippen molar-refractivity contribution in [1.82, 2.24) is 10.2 Å². The smallest absolute Gasteiger partial charge is 0.257 e. The number of nitrogens with zero attached hydrogens (tertiary/aromatic N) is 3. The van der Waals surface area contributed by atoms with Crippen LogP contribution in [0.4, 0.5) is 11.5 Å². The zero-order valence-electron chi connectivity index (χ0n) is 16.6. The number of carbonyl (C=O) groups is 1. The molecular weight excluding hydrogens is 419 g/mol. The molecule has 2 heterocycles. The highest BCUT2D eigenvalue weighted by molar-refractivity contribution is 6.37. The number of hydrogen-bond acceptors (Lipinski definition) is 4. The molecule has 30 heavy (non-hydrogen) atoms. The number of anilines is 2. The van der Waals surface area contributed by atoms with E-state index in [-0.39, 0.29) is 5.91 Å². The van der Waals surface area contributed by atoms with Gasteiger partial charge in [-0.3, -0.25) is 4.79 Å². The number of piperidine rings is 1. The van der Waals surface area contributed by atoms with Crippen molar-refractivity contribution >= 4 is 40.6 Å². The summed E-state index contributed by atoms with van der Waals surface area (Å²) in [4.78, 5) is 14.7. The lowest BCUT2D eigenvalue weighted by Crippen LogP contribution is -2.33. The lowest BCUT2D eigenvalue weighted by atomic mass is 9.99. The molecule has 7 heteroatoms. The van der Waals surface area contributed by atoms with Gasteiger partial charge in [-0.05, 0) is 61.2 Å². The first-order chi connectivity index (χ1) is 14.5. The molecule has 1 aromatic heterocycles. The molecule has 1 fully saturated rings. The molecule has 0 bridgehead atoms. The highest BCUT2D eigenvalue weighted by atomic mass is 35.5. The summed E-state index contributed by atoms with van der Waals surface area (Å²) in [7, 11) is 0. The van der Waals surface area contributed by atoms with Gasteiger partial charge in [-0.15, -0.1) is 10.2 Å². The summed E-state index contributed by atoms with van der Waals surface area (Å²) >= 11 is 12.0. The van der Waals surface area contributed by atoms with Crippen LogP contribution in [-0.4, -0.2) is 29.2 Å². The van der Waals surface area contributed by atoms with Crippen molar-refractivity contribution in [3.05, 3.63) is 70.2 Å². The maximum Gasteiger partial charge on any atom is 0.257 e. The van der Waals surface area contributed by atoms with E-state index in [1.807, 2.05) is 36.4 Å². The van der Waals surface area contributed by atoms with E-state index in [2.05, 4.69) is 27.3 Å². The molecule has 4 rings (SSSR count). The topological polar surface area (TPSA) is 58.1 Å². The lowest BCUT2D eigenvalue weighted by molar-refractivity contribution is 0.102. The minimum atomic E-state index is -0.288. The summed E-state index contributed by atoms with van der Waals surface area (Å²) in [6.45, 7) is 4.35. The summed E-state index contributed by atoms with van der Waals surface area (Å²) in [5.74, 6) is 1.42. The van der Waals surface area contributed by atoms with Crippen LogP contribution in [0.15, 0.2) is 54.6 Å². The number of carbonyl (C=O) groups excluding carboxylic acids is 1. The normalized spacial score (nSPS) is 14.6. The van der Waals surface area contributed by atoms with Crippen molar-refractivity contribution in [2.45, 2.75) is 19.8 Å². The Balaban J connectivity index is 1.42. The van der Waals surface area contributed by atoms with Crippen LogP contribution in [0, 0.1) is 5.92 Å². The fourth-order valence-corrected chi connectivity index (χ4v) is 3.98. The number of amides is 1. The average Bonchev–Trinajstić information content (AvgIpc) is 2.75. The van der Waals surface area contributed by atoms with Crippen LogP contribution in [0.1, 0.15) is 30.1 Å². The van der Waals surface area contributed by atoms with E-state index < -0.39 is 0 Å². The number of hydrogen-bond donors (Lipinski definition) is 1. The van der Waals surface area contributed by atoms with Crippen molar-refractivity contribution < 1.29 is 4.79 Å². The Morgan fingerprint density at radius 1 is 1.00 bits per heavy atom. The van der Waals surface area contributed by atoms with Crippen LogP contribution < -0.4 is 10.2 Å². The zero-order chi connectivity index (χ0) is 21.1. The van der Waals surface area contributed by atoms with Crippen molar-refractivity contribution in [3.63, 3.8) is 0 Å². The fourth-order valence-electron chi connectivity index (χ4n) is 3.48. The third-order valence-corrected chi connectivity index (χ3v) is 5.92. The molecule has 1 N–H and O–H groups in total. The highest BCUT2D eigenvalue weighted by Crippen LogP contribution is 2.25. The predicted octanol–water partition coefficient (Wildman–Crippen LogP) is 5.94. The van der Waals surface area contributed by atoms with Crippen LogP contribution in [-0.2, 0) is 0 Å². The van der Waals surface area contributed by atoms with Gasteiger partial charge < -0.3 is 10.2 Å². The molecule has 1 amide bonds. The van der Waals surface area contributed by atoms with Gasteiger partial charge in [0.05, 0.1) is 16.3 Å². The Morgan fingerprint density at radius 3 is 2.37 bits per heavy atom. The monoisotopic (exact) mass is 440 g/mol. The molecular formula is C23H22Cl2N4O. The SMILES string of the molecule is CC1CCN(c2ccc(-c3ccc(NC(=O)c4ccc(Cl)cc4Cl)cc3)nn2)CC1. The van der Waals surface area contributed by atoms with E-state index in [0.717, 1.165) is 36.1 Å². The van der Waals surface area contributed by atoms with Gasteiger partial charge in [0, 0.05) is 29.4 Å². The molecule has 0 atom stereocenters. The van der Waals surface area contributed by atoms with Gasteiger partial charge in [0.15, 0.2) is 5.82 Å². The van der Waals surface area contributed by atoms with Gasteiger partial charge in [-0.25, -0.2) is 0 Å². The second-order valence-corrected chi connectivity index (χ2v) is 8.45. The van der Waals surface area contributed by atoms with E-state index in [0.29, 0.717) is 21.3 Å². The van der Waals surface area contributed by atoms with E-state index in [4.69, 9.17) is 23.2 Å². The largest absolute Gasteiger partial charge is 0.355 e. The van der Waals surface area contributed by atoms with Crippen LogP contribution in [0.5, 0.6) is 0 Å². The van der Waals surface area contributed by atoms with Gasteiger partial charge in [-0.2, -0.15) is 0 Å². The van der Waals surface area contributed by atoms with Gasteiger partial charge in [-0.1, -0.05) is 42.3 Å². The lowest BCUT2D eigenvalue weighted by Gasteiger charge is -2.30. The van der Waals surface area contributed by atoms with Crippen molar-refractivity contribution in [2.75, 3.05) is 23.3 Å². The van der Waals surface area contributed by atoms with Crippen LogP contribution in [0.3, 0.4) is 0 Å². The Morgan fingerprint density at radius 2 is 1.73 bits per heavy atom. The maximum absolute atomic E-state index is 12.4. The second kappa shape index (κ2) is 9.02. The molecule has 1 saturated heterocycles. The van der Waals surface area contributed by atoms with Crippen LogP contribution in [0.25, 0.3) is 11.3 Å². The fraction of sp³-hybridized carbons (Fsp3) is 0.261. The van der Waals surface area contributed by atoms with Crippen LogP contribution in [0.2, 0.25) is 10.0 Å². The summed E-state index contributed by atoms with van der Waals surface area (Å²) in [6.07, 6.45) is 2.38. The van der Waals surface area contributed by atoms with Crippen molar-refractivity contribution in [3.8, 4) is 11.3 Å². The Labute approximate surface area is 186 Å². The van der Waals surface area contributed by atoms with Gasteiger partial charge in [0.1, 0.15) is 0 Å². The number of benzene rings is 2. The minimum absolute atomic E-state index is 0.288. The molecule has 0 aliphatic carbocycles. The van der Waals surface area contributed by atoms with Crippen LogP contribution >= 0.6 is 23.2 Å². The molecule has 3 aromatic rings. The first-order valence-corrected chi connectivity index (χ1v) is 10.7. The first kappa shape index (κ1) is 20.6. The van der Waals surface area contributed by atoms with E-state index >= 15 is 0 Å². The molecule has 1 aliphatic heterocycles. The second-order valence-electron chi connectivity index (χ2n) is 7.60. The quantitative estimate of drug-likeness (QED) is 0.545. The minimum Gasteiger partial charge on any atom is -0.355 e. The molecule has 5 nitrogen and oxygen atoms in total. The Hall–Kier alpha value is -2.63. The third-order valence-electron chi connectivity index (χ3n) is 5.37. The van der Waals surface area contributed by atoms with E-state index in [9.17, 15) is 4.79 Å². The first-order valence-electron chi connectivity index (χ1n) is 9.95. The highest BCUT2D eigenvalue weighted by Gasteiger charge is 2.17. The summed E-state index contributed by atoms with van der Waals surface area (Å²) in [5, 5.41) is 12.5. The maximum atomic E-state index is 12.4. The molecule has 0 spiro atoms. The predicted molar refractivity (Wildman–Crippen MR) is 122 cm³/mol. The molecule has 2 aromatic carbocycles. The standard InChI is InChI=1S/C23H22Cl2N4O/c1-15-10-12-29(13-11-15)22-9-8-21(27-28-22)16-2-5-18(6-3-16)26-23(30)19-7-4-17(24)14-20(19)25/h2-9,14-15H,10-13H2,1H3,(H,26,30). The summed E-state index contributed by atoms with van der Waals surface area (Å²) in [5.41, 5.74) is 2.77. The van der Waals surface area contributed by atoms with E-state index in [1.54, 1.807) is 18.2 Å². The summed E-state index contributed by atoms with van der Waals surface area (Å²) < 4.78 is 0. The van der Waals surface area contributed by atoms with Gasteiger partial charge in [0.2, 0.25) is 0 Å². The Bertz CT molecular complexity index is 1030. The number of aromatic nitrogens is 2. The van der Waals surface area contributed by atoms with Crippen molar-refractivity contribution in [2.24, 2.45) is 5.92 Å². The average molecular weight is 441 g/mol. The summed E-state index contributed by atoms with van der Waals surface area (Å²) in [6, 6.07) is 16.3. The molecule has 1 aliphatic rings. The number of nitrogens with one attached hydrogen (secondary N) is 1.